The lowest BCUT2D eigenvalue weighted by Gasteiger charge is -2.08. The third-order valence-corrected chi connectivity index (χ3v) is 5.85. The second-order valence-corrected chi connectivity index (χ2v) is 7.43. The molecule has 0 amide bonds. The minimum absolute atomic E-state index is 0.294. The Kier molecular flexibility index (Phi) is 5.57. The van der Waals surface area contributed by atoms with E-state index in [9.17, 15) is 10.1 Å². The van der Waals surface area contributed by atoms with Gasteiger partial charge in [0.05, 0.1) is 35.9 Å². The molecule has 0 radical (unpaired) electrons. The molecule has 0 saturated carbocycles. The van der Waals surface area contributed by atoms with Crippen LogP contribution in [-0.4, -0.2) is 25.0 Å². The number of rotatable bonds is 6. The highest BCUT2D eigenvalue weighted by Gasteiger charge is 2.26. The highest BCUT2D eigenvalue weighted by atomic mass is 35.5. The van der Waals surface area contributed by atoms with Gasteiger partial charge in [-0.15, -0.1) is 22.7 Å². The molecule has 0 spiro atoms. The van der Waals surface area contributed by atoms with Crippen LogP contribution >= 0.6 is 34.3 Å². The van der Waals surface area contributed by atoms with Gasteiger partial charge >= 0.3 is 0 Å². The van der Waals surface area contributed by atoms with Gasteiger partial charge in [0.15, 0.2) is 23.2 Å². The molecular weight excluding hydrogens is 392 g/mol. The lowest BCUT2D eigenvalue weighted by atomic mass is 10.1. The molecular formula is C18H13ClN2O3S2. The number of methoxy groups -OCH3 is 2. The van der Waals surface area contributed by atoms with Gasteiger partial charge in [0.2, 0.25) is 0 Å². The largest absolute Gasteiger partial charge is 0.493 e. The van der Waals surface area contributed by atoms with Crippen LogP contribution in [0.15, 0.2) is 35.0 Å². The summed E-state index contributed by atoms with van der Waals surface area (Å²) in [4.78, 5) is 17.5. The van der Waals surface area contributed by atoms with Gasteiger partial charge in [0, 0.05) is 16.3 Å². The van der Waals surface area contributed by atoms with Crippen molar-refractivity contribution >= 4 is 40.1 Å². The van der Waals surface area contributed by atoms with Gasteiger partial charge in [-0.2, -0.15) is 5.26 Å². The van der Waals surface area contributed by atoms with Crippen LogP contribution in [0, 0.1) is 11.3 Å². The standard InChI is InChI=1S/C18H13ClN2O3S2/c1-23-14-4-3-10(5-15(14)24-2)13-9-26-18(21-13)12(7-20)17(22)16-6-11(19)8-25-16/h3-6,8-9,12H,1-2H3. The number of thiophene rings is 1. The third kappa shape index (κ3) is 3.58. The Balaban J connectivity index is 1.91. The van der Waals surface area contributed by atoms with E-state index in [1.165, 1.54) is 22.7 Å². The van der Waals surface area contributed by atoms with E-state index in [4.69, 9.17) is 21.1 Å². The molecule has 0 aliphatic carbocycles. The average molecular weight is 405 g/mol. The second kappa shape index (κ2) is 7.87. The quantitative estimate of drug-likeness (QED) is 0.538. The summed E-state index contributed by atoms with van der Waals surface area (Å²) in [6.07, 6.45) is 0. The molecule has 2 aromatic heterocycles. The Morgan fingerprint density at radius 1 is 1.19 bits per heavy atom. The number of nitriles is 1. The minimum Gasteiger partial charge on any atom is -0.493 e. The second-order valence-electron chi connectivity index (χ2n) is 5.20. The number of hydrogen-bond acceptors (Lipinski definition) is 7. The lowest BCUT2D eigenvalue weighted by molar-refractivity contribution is 0.0982. The van der Waals surface area contributed by atoms with Gasteiger partial charge in [-0.05, 0) is 24.3 Å². The molecule has 3 rings (SSSR count). The molecule has 0 fully saturated rings. The van der Waals surface area contributed by atoms with Crippen LogP contribution in [0.3, 0.4) is 0 Å². The number of ether oxygens (including phenoxy) is 2. The number of halogens is 1. The minimum atomic E-state index is -0.955. The Labute approximate surface area is 163 Å². The van der Waals surface area contributed by atoms with Crippen molar-refractivity contribution in [2.24, 2.45) is 0 Å². The summed E-state index contributed by atoms with van der Waals surface area (Å²) in [5.41, 5.74) is 1.48. The van der Waals surface area contributed by atoms with Gasteiger partial charge in [-0.1, -0.05) is 11.6 Å². The van der Waals surface area contributed by atoms with Crippen LogP contribution in [0.4, 0.5) is 0 Å². The van der Waals surface area contributed by atoms with E-state index in [1.807, 2.05) is 17.5 Å². The fourth-order valence-electron chi connectivity index (χ4n) is 2.36. The first-order valence-corrected chi connectivity index (χ1v) is 9.56. The van der Waals surface area contributed by atoms with Crippen LogP contribution in [0.2, 0.25) is 5.02 Å². The van der Waals surface area contributed by atoms with Crippen molar-refractivity contribution in [2.75, 3.05) is 14.2 Å². The number of thiazole rings is 1. The van der Waals surface area contributed by atoms with Gasteiger partial charge in [0.25, 0.3) is 0 Å². The van der Waals surface area contributed by atoms with Crippen LogP contribution in [0.1, 0.15) is 20.6 Å². The molecule has 5 nitrogen and oxygen atoms in total. The predicted molar refractivity (Wildman–Crippen MR) is 103 cm³/mol. The van der Waals surface area contributed by atoms with E-state index in [0.29, 0.717) is 32.1 Å². The Morgan fingerprint density at radius 2 is 1.96 bits per heavy atom. The molecule has 8 heteroatoms. The fourth-order valence-corrected chi connectivity index (χ4v) is 4.27. The number of Topliss-reactive ketones (excluding diaryl/α,β-unsaturated/α-hetero) is 1. The molecule has 0 aliphatic rings. The molecule has 1 atom stereocenters. The first kappa shape index (κ1) is 18.4. The zero-order chi connectivity index (χ0) is 18.7. The SMILES string of the molecule is COc1ccc(-c2csc(C(C#N)C(=O)c3cc(Cl)cs3)n2)cc1OC. The summed E-state index contributed by atoms with van der Waals surface area (Å²) < 4.78 is 10.5. The van der Waals surface area contributed by atoms with E-state index < -0.39 is 5.92 Å². The highest BCUT2D eigenvalue weighted by Crippen LogP contribution is 2.34. The van der Waals surface area contributed by atoms with Crippen LogP contribution in [0.5, 0.6) is 11.5 Å². The van der Waals surface area contributed by atoms with Crippen LogP contribution in [-0.2, 0) is 0 Å². The molecule has 0 bridgehead atoms. The van der Waals surface area contributed by atoms with E-state index in [2.05, 4.69) is 4.98 Å². The summed E-state index contributed by atoms with van der Waals surface area (Å²) in [7, 11) is 3.13. The molecule has 1 unspecified atom stereocenters. The lowest BCUT2D eigenvalue weighted by Crippen LogP contribution is -2.09. The zero-order valence-corrected chi connectivity index (χ0v) is 16.2. The number of benzene rings is 1. The molecule has 2 heterocycles. The van der Waals surface area contributed by atoms with E-state index in [1.54, 1.807) is 37.8 Å². The van der Waals surface area contributed by atoms with Gasteiger partial charge in [-0.25, -0.2) is 4.98 Å². The predicted octanol–water partition coefficient (Wildman–Crippen LogP) is 5.03. The highest BCUT2D eigenvalue weighted by molar-refractivity contribution is 7.13. The third-order valence-electron chi connectivity index (χ3n) is 3.65. The molecule has 3 aromatic rings. The van der Waals surface area contributed by atoms with Gasteiger partial charge in [-0.3, -0.25) is 4.79 Å². The normalized spacial score (nSPS) is 11.6. The van der Waals surface area contributed by atoms with Crippen molar-refractivity contribution < 1.29 is 14.3 Å². The van der Waals surface area contributed by atoms with Crippen molar-refractivity contribution in [3.8, 4) is 28.8 Å². The maximum Gasteiger partial charge on any atom is 0.196 e. The van der Waals surface area contributed by atoms with E-state index in [0.717, 1.165) is 5.56 Å². The number of hydrogen-bond donors (Lipinski definition) is 0. The monoisotopic (exact) mass is 404 g/mol. The van der Waals surface area contributed by atoms with E-state index >= 15 is 0 Å². The number of ketones is 1. The zero-order valence-electron chi connectivity index (χ0n) is 13.9. The summed E-state index contributed by atoms with van der Waals surface area (Å²) in [6, 6.07) is 9.06. The van der Waals surface area contributed by atoms with Crippen molar-refractivity contribution in [2.45, 2.75) is 5.92 Å². The molecule has 1 aromatic carbocycles. The number of nitrogens with zero attached hydrogens (tertiary/aromatic N) is 2. The Bertz CT molecular complexity index is 990. The first-order chi connectivity index (χ1) is 12.6. The molecule has 26 heavy (non-hydrogen) atoms. The van der Waals surface area contributed by atoms with Crippen molar-refractivity contribution in [1.29, 1.82) is 5.26 Å². The van der Waals surface area contributed by atoms with E-state index in [-0.39, 0.29) is 5.78 Å². The Morgan fingerprint density at radius 3 is 2.58 bits per heavy atom. The number of carbonyl (C=O) groups is 1. The fraction of sp³-hybridized carbons (Fsp3) is 0.167. The van der Waals surface area contributed by atoms with Crippen molar-refractivity contribution in [1.82, 2.24) is 4.98 Å². The summed E-state index contributed by atoms with van der Waals surface area (Å²) in [5, 5.41) is 13.9. The number of carbonyl (C=O) groups excluding carboxylic acids is 1. The maximum atomic E-state index is 12.6. The molecule has 0 saturated heterocycles. The molecule has 0 aliphatic heterocycles. The maximum absolute atomic E-state index is 12.6. The number of aromatic nitrogens is 1. The first-order valence-electron chi connectivity index (χ1n) is 7.43. The van der Waals surface area contributed by atoms with Gasteiger partial charge in [0.1, 0.15) is 5.01 Å². The van der Waals surface area contributed by atoms with Crippen molar-refractivity contribution in [3.05, 3.63) is 49.9 Å². The topological polar surface area (TPSA) is 72.2 Å². The smallest absolute Gasteiger partial charge is 0.196 e. The van der Waals surface area contributed by atoms with Gasteiger partial charge < -0.3 is 9.47 Å². The summed E-state index contributed by atoms with van der Waals surface area (Å²) >= 11 is 8.37. The van der Waals surface area contributed by atoms with Crippen LogP contribution < -0.4 is 9.47 Å². The molecule has 0 N–H and O–H groups in total. The average Bonchev–Trinajstić information content (AvgIpc) is 3.31. The van der Waals surface area contributed by atoms with Crippen molar-refractivity contribution in [3.63, 3.8) is 0 Å². The van der Waals surface area contributed by atoms with Crippen LogP contribution in [0.25, 0.3) is 11.3 Å². The summed E-state index contributed by atoms with van der Waals surface area (Å²) in [6.45, 7) is 0. The molecule has 132 valence electrons. The Hall–Kier alpha value is -2.40. The summed E-state index contributed by atoms with van der Waals surface area (Å²) in [5.74, 6) is -0.0479.